The Labute approximate surface area is 145 Å². The average molecular weight is 347 g/mol. The highest BCUT2D eigenvalue weighted by atomic mass is 32.2. The van der Waals surface area contributed by atoms with Gasteiger partial charge in [-0.3, -0.25) is 9.78 Å². The van der Waals surface area contributed by atoms with E-state index in [4.69, 9.17) is 4.74 Å². The fourth-order valence-corrected chi connectivity index (χ4v) is 3.61. The molecule has 2 atom stereocenters. The smallest absolute Gasteiger partial charge is 0.233 e. The number of carbonyl (C=O) groups is 1. The van der Waals surface area contributed by atoms with E-state index in [0.29, 0.717) is 18.8 Å². The standard InChI is InChI=1S/C16H21N5O2S/c1-11-8-21(9-12(2)23-11)14(22)10-24-16-19-18-15(20(16)3)13-4-6-17-7-5-13/h4-7,11-12H,8-10H2,1-3H3/t11-,12-/m0/s1. The van der Waals surface area contributed by atoms with Gasteiger partial charge in [0.2, 0.25) is 5.91 Å². The van der Waals surface area contributed by atoms with Gasteiger partial charge in [0, 0.05) is 38.1 Å². The molecule has 1 aliphatic heterocycles. The summed E-state index contributed by atoms with van der Waals surface area (Å²) in [5.74, 6) is 1.22. The fourth-order valence-electron chi connectivity index (χ4n) is 2.79. The average Bonchev–Trinajstić information content (AvgIpc) is 2.93. The minimum Gasteiger partial charge on any atom is -0.372 e. The van der Waals surface area contributed by atoms with Gasteiger partial charge in [-0.25, -0.2) is 0 Å². The van der Waals surface area contributed by atoms with Crippen molar-refractivity contribution in [3.8, 4) is 11.4 Å². The summed E-state index contributed by atoms with van der Waals surface area (Å²) in [5.41, 5.74) is 0.953. The summed E-state index contributed by atoms with van der Waals surface area (Å²) in [5, 5.41) is 9.15. The molecular weight excluding hydrogens is 326 g/mol. The molecule has 0 spiro atoms. The van der Waals surface area contributed by atoms with Crippen molar-refractivity contribution in [2.75, 3.05) is 18.8 Å². The predicted octanol–water partition coefficient (Wildman–Crippen LogP) is 1.60. The summed E-state index contributed by atoms with van der Waals surface area (Å²) in [6.07, 6.45) is 3.61. The van der Waals surface area contributed by atoms with Crippen molar-refractivity contribution in [2.45, 2.75) is 31.2 Å². The largest absolute Gasteiger partial charge is 0.372 e. The lowest BCUT2D eigenvalue weighted by Gasteiger charge is -2.35. The first-order valence-corrected chi connectivity index (χ1v) is 8.89. The minimum absolute atomic E-state index is 0.0795. The Hall–Kier alpha value is -1.93. The highest BCUT2D eigenvalue weighted by Crippen LogP contribution is 2.22. The Bertz CT molecular complexity index is 696. The molecule has 3 rings (SSSR count). The van der Waals surface area contributed by atoms with E-state index in [1.54, 1.807) is 12.4 Å². The summed E-state index contributed by atoms with van der Waals surface area (Å²) in [7, 11) is 1.90. The number of amides is 1. The van der Waals surface area contributed by atoms with Crippen LogP contribution < -0.4 is 0 Å². The molecule has 3 heterocycles. The summed E-state index contributed by atoms with van der Waals surface area (Å²) in [6, 6.07) is 3.78. The Morgan fingerprint density at radius 1 is 1.25 bits per heavy atom. The molecular formula is C16H21N5O2S. The molecule has 0 unspecified atom stereocenters. The number of hydrogen-bond donors (Lipinski definition) is 0. The van der Waals surface area contributed by atoms with E-state index in [1.165, 1.54) is 11.8 Å². The zero-order chi connectivity index (χ0) is 17.1. The van der Waals surface area contributed by atoms with Gasteiger partial charge in [-0.1, -0.05) is 11.8 Å². The summed E-state index contributed by atoms with van der Waals surface area (Å²) in [4.78, 5) is 18.3. The Morgan fingerprint density at radius 3 is 2.58 bits per heavy atom. The van der Waals surface area contributed by atoms with Gasteiger partial charge in [-0.15, -0.1) is 10.2 Å². The van der Waals surface area contributed by atoms with Gasteiger partial charge in [0.1, 0.15) is 0 Å². The van der Waals surface area contributed by atoms with Gasteiger partial charge >= 0.3 is 0 Å². The molecule has 2 aromatic rings. The predicted molar refractivity (Wildman–Crippen MR) is 91.5 cm³/mol. The lowest BCUT2D eigenvalue weighted by molar-refractivity contribution is -0.140. The van der Waals surface area contributed by atoms with Gasteiger partial charge in [0.05, 0.1) is 18.0 Å². The number of pyridine rings is 1. The lowest BCUT2D eigenvalue weighted by atomic mass is 10.2. The van der Waals surface area contributed by atoms with Crippen LogP contribution in [0, 0.1) is 0 Å². The van der Waals surface area contributed by atoms with Crippen LogP contribution >= 0.6 is 11.8 Å². The van der Waals surface area contributed by atoms with Crippen LogP contribution in [0.3, 0.4) is 0 Å². The molecule has 1 aliphatic rings. The van der Waals surface area contributed by atoms with Crippen LogP contribution in [0.15, 0.2) is 29.7 Å². The molecule has 0 saturated carbocycles. The van der Waals surface area contributed by atoms with Crippen molar-refractivity contribution in [1.82, 2.24) is 24.6 Å². The number of morpholine rings is 1. The van der Waals surface area contributed by atoms with Crippen LogP contribution in [0.2, 0.25) is 0 Å². The minimum atomic E-state index is 0.0795. The second-order valence-corrected chi connectivity index (χ2v) is 6.89. The summed E-state index contributed by atoms with van der Waals surface area (Å²) >= 11 is 1.41. The van der Waals surface area contributed by atoms with Crippen LogP contribution in [-0.4, -0.2) is 61.6 Å². The molecule has 0 N–H and O–H groups in total. The van der Waals surface area contributed by atoms with Crippen molar-refractivity contribution in [1.29, 1.82) is 0 Å². The van der Waals surface area contributed by atoms with Crippen molar-refractivity contribution in [2.24, 2.45) is 7.05 Å². The third-order valence-electron chi connectivity index (χ3n) is 3.87. The monoisotopic (exact) mass is 347 g/mol. The quantitative estimate of drug-likeness (QED) is 0.782. The Balaban J connectivity index is 1.63. The highest BCUT2D eigenvalue weighted by molar-refractivity contribution is 7.99. The van der Waals surface area contributed by atoms with Crippen molar-refractivity contribution < 1.29 is 9.53 Å². The van der Waals surface area contributed by atoms with E-state index in [0.717, 1.165) is 16.5 Å². The van der Waals surface area contributed by atoms with Gasteiger partial charge in [-0.2, -0.15) is 0 Å². The van der Waals surface area contributed by atoms with Gasteiger partial charge in [0.25, 0.3) is 0 Å². The van der Waals surface area contributed by atoms with Gasteiger partial charge in [-0.05, 0) is 26.0 Å². The Morgan fingerprint density at radius 2 is 1.92 bits per heavy atom. The number of hydrogen-bond acceptors (Lipinski definition) is 6. The van der Waals surface area contributed by atoms with Gasteiger partial charge < -0.3 is 14.2 Å². The summed E-state index contributed by atoms with van der Waals surface area (Å²) < 4.78 is 7.57. The van der Waals surface area contributed by atoms with Crippen LogP contribution in [0.5, 0.6) is 0 Å². The molecule has 128 valence electrons. The first-order valence-electron chi connectivity index (χ1n) is 7.90. The van der Waals surface area contributed by atoms with Crippen LogP contribution in [0.4, 0.5) is 0 Å². The molecule has 2 aromatic heterocycles. The third kappa shape index (κ3) is 3.76. The first-order chi connectivity index (χ1) is 11.5. The molecule has 0 aromatic carbocycles. The van der Waals surface area contributed by atoms with E-state index < -0.39 is 0 Å². The van der Waals surface area contributed by atoms with Gasteiger partial charge in [0.15, 0.2) is 11.0 Å². The number of carbonyl (C=O) groups excluding carboxylic acids is 1. The van der Waals surface area contributed by atoms with E-state index in [9.17, 15) is 4.79 Å². The van der Waals surface area contributed by atoms with E-state index in [1.807, 2.05) is 42.5 Å². The van der Waals surface area contributed by atoms with Crippen LogP contribution in [0.1, 0.15) is 13.8 Å². The normalized spacial score (nSPS) is 21.0. The van der Waals surface area contributed by atoms with E-state index in [-0.39, 0.29) is 18.1 Å². The number of aromatic nitrogens is 4. The van der Waals surface area contributed by atoms with Crippen molar-refractivity contribution >= 4 is 17.7 Å². The number of nitrogens with zero attached hydrogens (tertiary/aromatic N) is 5. The second-order valence-electron chi connectivity index (χ2n) is 5.95. The van der Waals surface area contributed by atoms with E-state index in [2.05, 4.69) is 15.2 Å². The number of ether oxygens (including phenoxy) is 1. The second kappa shape index (κ2) is 7.31. The van der Waals surface area contributed by atoms with Crippen LogP contribution in [-0.2, 0) is 16.6 Å². The summed E-state index contributed by atoms with van der Waals surface area (Å²) in [6.45, 7) is 5.27. The fraction of sp³-hybridized carbons (Fsp3) is 0.500. The maximum Gasteiger partial charge on any atom is 0.233 e. The van der Waals surface area contributed by atoms with E-state index >= 15 is 0 Å². The molecule has 24 heavy (non-hydrogen) atoms. The van der Waals surface area contributed by atoms with Crippen LogP contribution in [0.25, 0.3) is 11.4 Å². The SMILES string of the molecule is C[C@H]1CN(C(=O)CSc2nnc(-c3ccncc3)n2C)C[C@H](C)O1. The maximum absolute atomic E-state index is 12.4. The molecule has 8 heteroatoms. The number of rotatable bonds is 4. The maximum atomic E-state index is 12.4. The molecule has 0 radical (unpaired) electrons. The first kappa shape index (κ1) is 16.9. The zero-order valence-electron chi connectivity index (χ0n) is 14.0. The molecule has 1 fully saturated rings. The molecule has 0 bridgehead atoms. The highest BCUT2D eigenvalue weighted by Gasteiger charge is 2.26. The zero-order valence-corrected chi connectivity index (χ0v) is 14.9. The molecule has 0 aliphatic carbocycles. The third-order valence-corrected chi connectivity index (χ3v) is 4.88. The topological polar surface area (TPSA) is 73.1 Å². The molecule has 1 saturated heterocycles. The van der Waals surface area contributed by atoms with Crippen molar-refractivity contribution in [3.05, 3.63) is 24.5 Å². The Kier molecular flexibility index (Phi) is 5.15. The lowest BCUT2D eigenvalue weighted by Crippen LogP contribution is -2.48. The number of thioether (sulfide) groups is 1. The van der Waals surface area contributed by atoms with Crippen molar-refractivity contribution in [3.63, 3.8) is 0 Å². The molecule has 7 nitrogen and oxygen atoms in total. The molecule has 1 amide bonds.